The molecule has 0 aliphatic carbocycles. The topological polar surface area (TPSA) is 73.1 Å². The fourth-order valence-corrected chi connectivity index (χ4v) is 4.25. The number of ether oxygens (including phenoxy) is 1. The Kier molecular flexibility index (Phi) is 4.73. The van der Waals surface area contributed by atoms with E-state index in [1.54, 1.807) is 12.1 Å². The zero-order chi connectivity index (χ0) is 22.4. The lowest BCUT2D eigenvalue weighted by molar-refractivity contribution is 0.313. The second-order valence-corrected chi connectivity index (χ2v) is 8.41. The predicted octanol–water partition coefficient (Wildman–Crippen LogP) is 4.79. The molecular formula is C25H23FN6O. The van der Waals surface area contributed by atoms with E-state index in [1.807, 2.05) is 18.2 Å². The van der Waals surface area contributed by atoms with E-state index < -0.39 is 0 Å². The van der Waals surface area contributed by atoms with E-state index in [-0.39, 0.29) is 5.82 Å². The van der Waals surface area contributed by atoms with Crippen molar-refractivity contribution in [3.8, 4) is 23.0 Å². The van der Waals surface area contributed by atoms with E-state index in [9.17, 15) is 4.39 Å². The summed E-state index contributed by atoms with van der Waals surface area (Å²) in [7, 11) is 2.16. The molecule has 3 heterocycles. The number of hydrogen-bond donors (Lipinski definition) is 2. The molecule has 3 aromatic carbocycles. The Bertz CT molecular complexity index is 1430. The van der Waals surface area contributed by atoms with Gasteiger partial charge in [-0.1, -0.05) is 0 Å². The summed E-state index contributed by atoms with van der Waals surface area (Å²) in [5.41, 5.74) is 4.70. The number of nitrogens with one attached hydrogen (secondary N) is 2. The van der Waals surface area contributed by atoms with Crippen LogP contribution in [0.1, 0.15) is 0 Å². The van der Waals surface area contributed by atoms with Crippen LogP contribution < -0.4 is 9.64 Å². The van der Waals surface area contributed by atoms with E-state index in [2.05, 4.69) is 50.2 Å². The summed E-state index contributed by atoms with van der Waals surface area (Å²) in [5.74, 6) is 1.62. The van der Waals surface area contributed by atoms with Gasteiger partial charge in [-0.15, -0.1) is 0 Å². The maximum Gasteiger partial charge on any atom is 0.159 e. The van der Waals surface area contributed by atoms with Gasteiger partial charge in [-0.3, -0.25) is 5.10 Å². The maximum atomic E-state index is 13.2. The SMILES string of the molecule is CN1CCN(c2ccc3nc(-c4n[nH]c5ccc(Oc6ccc(F)cc6)cc45)[nH]c3c2)CC1. The van der Waals surface area contributed by atoms with Crippen molar-refractivity contribution in [1.29, 1.82) is 0 Å². The first-order chi connectivity index (χ1) is 16.1. The van der Waals surface area contributed by atoms with Crippen LogP contribution in [0.5, 0.6) is 11.5 Å². The molecule has 8 heteroatoms. The Labute approximate surface area is 189 Å². The van der Waals surface area contributed by atoms with Gasteiger partial charge in [-0.05, 0) is 67.7 Å². The van der Waals surface area contributed by atoms with Gasteiger partial charge in [-0.25, -0.2) is 9.37 Å². The Balaban J connectivity index is 1.32. The van der Waals surface area contributed by atoms with Gasteiger partial charge >= 0.3 is 0 Å². The molecule has 33 heavy (non-hydrogen) atoms. The Morgan fingerprint density at radius 2 is 1.67 bits per heavy atom. The first-order valence-electron chi connectivity index (χ1n) is 11.0. The van der Waals surface area contributed by atoms with Crippen molar-refractivity contribution in [2.45, 2.75) is 0 Å². The Morgan fingerprint density at radius 3 is 2.48 bits per heavy atom. The molecule has 1 fully saturated rings. The zero-order valence-electron chi connectivity index (χ0n) is 18.2. The molecule has 1 aliphatic rings. The number of benzene rings is 3. The third-order valence-electron chi connectivity index (χ3n) is 6.14. The van der Waals surface area contributed by atoms with E-state index in [4.69, 9.17) is 9.72 Å². The number of likely N-dealkylation sites (N-methyl/N-ethyl adjacent to an activating group) is 1. The monoisotopic (exact) mass is 442 g/mol. The molecule has 2 aromatic heterocycles. The van der Waals surface area contributed by atoms with Crippen molar-refractivity contribution in [3.05, 3.63) is 66.5 Å². The summed E-state index contributed by atoms with van der Waals surface area (Å²) in [4.78, 5) is 13.0. The van der Waals surface area contributed by atoms with Crippen LogP contribution in [0.15, 0.2) is 60.7 Å². The highest BCUT2D eigenvalue weighted by molar-refractivity contribution is 5.94. The third kappa shape index (κ3) is 3.78. The molecule has 1 saturated heterocycles. The van der Waals surface area contributed by atoms with Crippen LogP contribution in [0.25, 0.3) is 33.5 Å². The molecule has 0 unspecified atom stereocenters. The van der Waals surface area contributed by atoms with Gasteiger partial charge in [0.15, 0.2) is 5.82 Å². The highest BCUT2D eigenvalue weighted by Gasteiger charge is 2.17. The van der Waals surface area contributed by atoms with Gasteiger partial charge in [0.2, 0.25) is 0 Å². The number of imidazole rings is 1. The number of halogens is 1. The lowest BCUT2D eigenvalue weighted by Crippen LogP contribution is -2.44. The van der Waals surface area contributed by atoms with Crippen LogP contribution in [0, 0.1) is 5.82 Å². The first kappa shape index (κ1) is 19.8. The molecule has 0 radical (unpaired) electrons. The van der Waals surface area contributed by atoms with Crippen LogP contribution in [0.4, 0.5) is 10.1 Å². The molecule has 0 spiro atoms. The van der Waals surface area contributed by atoms with Crippen molar-refractivity contribution in [2.24, 2.45) is 0 Å². The summed E-state index contributed by atoms with van der Waals surface area (Å²) in [6, 6.07) is 18.0. The second kappa shape index (κ2) is 7.90. The summed E-state index contributed by atoms with van der Waals surface area (Å²) < 4.78 is 19.1. The molecule has 0 bridgehead atoms. The van der Waals surface area contributed by atoms with Crippen LogP contribution in [0.3, 0.4) is 0 Å². The van der Waals surface area contributed by atoms with E-state index in [0.717, 1.165) is 53.8 Å². The number of hydrogen-bond acceptors (Lipinski definition) is 5. The third-order valence-corrected chi connectivity index (χ3v) is 6.14. The van der Waals surface area contributed by atoms with Crippen LogP contribution >= 0.6 is 0 Å². The number of aromatic amines is 2. The molecule has 6 rings (SSSR count). The van der Waals surface area contributed by atoms with Crippen LogP contribution in [0.2, 0.25) is 0 Å². The lowest BCUT2D eigenvalue weighted by Gasteiger charge is -2.34. The number of H-pyrrole nitrogens is 2. The van der Waals surface area contributed by atoms with Crippen molar-refractivity contribution >= 4 is 27.6 Å². The first-order valence-corrected chi connectivity index (χ1v) is 11.0. The average molecular weight is 442 g/mol. The lowest BCUT2D eigenvalue weighted by atomic mass is 10.2. The number of aromatic nitrogens is 4. The molecule has 1 aliphatic heterocycles. The van der Waals surface area contributed by atoms with Gasteiger partial charge in [0.1, 0.15) is 23.0 Å². The van der Waals surface area contributed by atoms with Gasteiger partial charge in [0.25, 0.3) is 0 Å². The van der Waals surface area contributed by atoms with E-state index in [1.165, 1.54) is 17.8 Å². The van der Waals surface area contributed by atoms with Crippen molar-refractivity contribution in [2.75, 3.05) is 38.1 Å². The fraction of sp³-hybridized carbons (Fsp3) is 0.200. The van der Waals surface area contributed by atoms with Crippen LogP contribution in [-0.2, 0) is 0 Å². The van der Waals surface area contributed by atoms with Gasteiger partial charge in [0, 0.05) is 37.3 Å². The largest absolute Gasteiger partial charge is 0.457 e. The Morgan fingerprint density at radius 1 is 0.879 bits per heavy atom. The smallest absolute Gasteiger partial charge is 0.159 e. The molecule has 2 N–H and O–H groups in total. The van der Waals surface area contributed by atoms with Gasteiger partial charge in [0.05, 0.1) is 16.6 Å². The van der Waals surface area contributed by atoms with Gasteiger partial charge < -0.3 is 19.5 Å². The number of fused-ring (bicyclic) bond motifs is 2. The Hall–Kier alpha value is -3.91. The summed E-state index contributed by atoms with van der Waals surface area (Å²) in [5, 5.41) is 8.47. The minimum absolute atomic E-state index is 0.296. The average Bonchev–Trinajstić information content (AvgIpc) is 3.44. The van der Waals surface area contributed by atoms with Crippen LogP contribution in [-0.4, -0.2) is 58.3 Å². The molecule has 7 nitrogen and oxygen atoms in total. The molecule has 0 amide bonds. The van der Waals surface area contributed by atoms with Gasteiger partial charge in [-0.2, -0.15) is 5.10 Å². The molecular weight excluding hydrogens is 419 g/mol. The highest BCUT2D eigenvalue weighted by Crippen LogP contribution is 2.32. The second-order valence-electron chi connectivity index (χ2n) is 8.41. The number of piperazine rings is 1. The number of anilines is 1. The van der Waals surface area contributed by atoms with E-state index >= 15 is 0 Å². The molecule has 0 atom stereocenters. The standard InChI is InChI=1S/C25H23FN6O/c1-31-10-12-32(13-11-31)17-4-8-22-23(14-17)28-25(27-22)24-20-15-19(7-9-21(20)29-30-24)33-18-5-2-16(26)3-6-18/h2-9,14-15H,10-13H2,1H3,(H,27,28)(H,29,30). The number of nitrogens with zero attached hydrogens (tertiary/aromatic N) is 4. The molecule has 166 valence electrons. The summed E-state index contributed by atoms with van der Waals surface area (Å²) in [6.45, 7) is 4.16. The number of rotatable bonds is 4. The molecule has 0 saturated carbocycles. The highest BCUT2D eigenvalue weighted by atomic mass is 19.1. The van der Waals surface area contributed by atoms with Crippen molar-refractivity contribution in [3.63, 3.8) is 0 Å². The summed E-state index contributed by atoms with van der Waals surface area (Å²) >= 11 is 0. The minimum Gasteiger partial charge on any atom is -0.457 e. The maximum absolute atomic E-state index is 13.2. The minimum atomic E-state index is -0.296. The summed E-state index contributed by atoms with van der Waals surface area (Å²) in [6.07, 6.45) is 0. The van der Waals surface area contributed by atoms with E-state index in [0.29, 0.717) is 17.3 Å². The molecule has 5 aromatic rings. The fourth-order valence-electron chi connectivity index (χ4n) is 4.25. The van der Waals surface area contributed by atoms with Crippen molar-refractivity contribution < 1.29 is 9.13 Å². The normalized spacial score (nSPS) is 14.9. The predicted molar refractivity (Wildman–Crippen MR) is 127 cm³/mol. The zero-order valence-corrected chi connectivity index (χ0v) is 18.2. The quantitative estimate of drug-likeness (QED) is 0.419. The van der Waals surface area contributed by atoms with Crippen molar-refractivity contribution in [1.82, 2.24) is 25.1 Å².